The number of amides is 1. The van der Waals surface area contributed by atoms with Crippen LogP contribution >= 0.6 is 0 Å². The molecule has 0 radical (unpaired) electrons. The number of aliphatic hydroxyl groups excluding tert-OH is 1. The van der Waals surface area contributed by atoms with Crippen LogP contribution in [0.1, 0.15) is 43.2 Å². The van der Waals surface area contributed by atoms with Crippen molar-refractivity contribution in [3.8, 4) is 0 Å². The van der Waals surface area contributed by atoms with Gasteiger partial charge in [0.25, 0.3) is 0 Å². The summed E-state index contributed by atoms with van der Waals surface area (Å²) in [6, 6.07) is 16.0. The van der Waals surface area contributed by atoms with Crippen LogP contribution in [-0.4, -0.2) is 49.0 Å². The van der Waals surface area contributed by atoms with Crippen LogP contribution in [-0.2, 0) is 21.2 Å². The molecule has 35 heavy (non-hydrogen) atoms. The van der Waals surface area contributed by atoms with E-state index in [4.69, 9.17) is 0 Å². The van der Waals surface area contributed by atoms with E-state index in [9.17, 15) is 18.3 Å². The quantitative estimate of drug-likeness (QED) is 0.437. The number of sulfonamides is 1. The second-order valence-corrected chi connectivity index (χ2v) is 11.9. The molecule has 4 rings (SSSR count). The van der Waals surface area contributed by atoms with Gasteiger partial charge in [-0.15, -0.1) is 0 Å². The number of hydrogen-bond donors (Lipinski definition) is 2. The van der Waals surface area contributed by atoms with Crippen molar-refractivity contribution < 1.29 is 18.3 Å². The number of aryl methyl sites for hydroxylation is 1. The van der Waals surface area contributed by atoms with Gasteiger partial charge < -0.3 is 10.4 Å². The van der Waals surface area contributed by atoms with E-state index in [1.54, 1.807) is 18.2 Å². The SMILES string of the molecule is Cc1cccc(S(=O)(=O)N(CC2CC2)C[C@@H](O)[C@H](Cc2ccccc2)NC(=O)CC2C=CCC2)c1. The van der Waals surface area contributed by atoms with Crippen LogP contribution in [0.5, 0.6) is 0 Å². The van der Waals surface area contributed by atoms with Gasteiger partial charge in [-0.2, -0.15) is 4.31 Å². The van der Waals surface area contributed by atoms with Gasteiger partial charge in [-0.25, -0.2) is 8.42 Å². The molecule has 0 aliphatic heterocycles. The smallest absolute Gasteiger partial charge is 0.243 e. The highest BCUT2D eigenvalue weighted by Crippen LogP contribution is 2.32. The van der Waals surface area contributed by atoms with Crippen LogP contribution in [0.2, 0.25) is 0 Å². The Balaban J connectivity index is 1.52. The van der Waals surface area contributed by atoms with Crippen LogP contribution in [0.3, 0.4) is 0 Å². The standard InChI is InChI=1S/C28H36N2O4S/c1-21-8-7-13-25(16-21)35(33,34)30(19-24-14-15-24)20-27(31)26(17-22-9-3-2-4-10-22)29-28(32)18-23-11-5-6-12-23/h2-5,7-11,13,16,23-24,26-27,31H,6,12,14-15,17-20H2,1H3,(H,29,32)/t23?,26-,27+/m0/s1. The number of benzene rings is 2. The van der Waals surface area contributed by atoms with Crippen LogP contribution in [0.15, 0.2) is 71.6 Å². The Morgan fingerprint density at radius 1 is 1.11 bits per heavy atom. The molecule has 3 atom stereocenters. The van der Waals surface area contributed by atoms with Crippen molar-refractivity contribution in [2.75, 3.05) is 13.1 Å². The molecule has 2 aromatic carbocycles. The number of aliphatic hydroxyl groups is 1. The summed E-state index contributed by atoms with van der Waals surface area (Å²) in [7, 11) is -3.78. The maximum Gasteiger partial charge on any atom is 0.243 e. The van der Waals surface area contributed by atoms with Crippen LogP contribution in [0.4, 0.5) is 0 Å². The molecule has 2 aliphatic carbocycles. The number of carbonyl (C=O) groups is 1. The van der Waals surface area contributed by atoms with Gasteiger partial charge in [0.05, 0.1) is 17.0 Å². The lowest BCUT2D eigenvalue weighted by molar-refractivity contribution is -0.123. The lowest BCUT2D eigenvalue weighted by Crippen LogP contribution is -2.51. The monoisotopic (exact) mass is 496 g/mol. The largest absolute Gasteiger partial charge is 0.390 e. The summed E-state index contributed by atoms with van der Waals surface area (Å²) in [6.07, 6.45) is 7.87. The fourth-order valence-electron chi connectivity index (χ4n) is 4.64. The number of allylic oxidation sites excluding steroid dienone is 2. The zero-order valence-electron chi connectivity index (χ0n) is 20.3. The Labute approximate surface area is 209 Å². The molecule has 1 saturated carbocycles. The summed E-state index contributed by atoms with van der Waals surface area (Å²) < 4.78 is 28.5. The van der Waals surface area contributed by atoms with Crippen molar-refractivity contribution in [1.29, 1.82) is 0 Å². The van der Waals surface area contributed by atoms with E-state index < -0.39 is 22.2 Å². The fraction of sp³-hybridized carbons (Fsp3) is 0.464. The molecule has 0 spiro atoms. The number of rotatable bonds is 12. The van der Waals surface area contributed by atoms with E-state index in [1.807, 2.05) is 43.3 Å². The minimum atomic E-state index is -3.78. The average molecular weight is 497 g/mol. The van der Waals surface area contributed by atoms with Gasteiger partial charge in [0.15, 0.2) is 0 Å². The molecule has 0 bridgehead atoms. The highest BCUT2D eigenvalue weighted by atomic mass is 32.2. The highest BCUT2D eigenvalue weighted by Gasteiger charge is 2.35. The number of hydrogen-bond acceptors (Lipinski definition) is 4. The Bertz CT molecular complexity index is 1130. The van der Waals surface area contributed by atoms with Gasteiger partial charge >= 0.3 is 0 Å². The highest BCUT2D eigenvalue weighted by molar-refractivity contribution is 7.89. The molecule has 0 heterocycles. The van der Waals surface area contributed by atoms with Crippen molar-refractivity contribution >= 4 is 15.9 Å². The number of nitrogens with one attached hydrogen (secondary N) is 1. The Morgan fingerprint density at radius 3 is 2.54 bits per heavy atom. The van der Waals surface area contributed by atoms with Crippen molar-refractivity contribution in [1.82, 2.24) is 9.62 Å². The van der Waals surface area contributed by atoms with Crippen LogP contribution in [0.25, 0.3) is 0 Å². The first-order valence-corrected chi connectivity index (χ1v) is 14.0. The third kappa shape index (κ3) is 7.26. The van der Waals surface area contributed by atoms with Gasteiger partial charge in [-0.3, -0.25) is 4.79 Å². The van der Waals surface area contributed by atoms with Gasteiger partial charge in [0, 0.05) is 19.5 Å². The van der Waals surface area contributed by atoms with Gasteiger partial charge in [0.1, 0.15) is 0 Å². The molecule has 2 N–H and O–H groups in total. The Morgan fingerprint density at radius 2 is 1.89 bits per heavy atom. The second-order valence-electron chi connectivity index (χ2n) is 9.98. The molecule has 1 amide bonds. The molecule has 7 heteroatoms. The molecule has 2 aliphatic rings. The minimum Gasteiger partial charge on any atom is -0.390 e. The molecule has 188 valence electrons. The summed E-state index contributed by atoms with van der Waals surface area (Å²) in [5.74, 6) is 0.424. The van der Waals surface area contributed by atoms with Crippen molar-refractivity contribution in [2.24, 2.45) is 11.8 Å². The maximum atomic E-state index is 13.5. The van der Waals surface area contributed by atoms with Crippen molar-refractivity contribution in [2.45, 2.75) is 62.5 Å². The van der Waals surface area contributed by atoms with E-state index in [0.717, 1.165) is 36.8 Å². The fourth-order valence-corrected chi connectivity index (χ4v) is 6.28. The Kier molecular flexibility index (Phi) is 8.42. The van der Waals surface area contributed by atoms with Gasteiger partial charge in [-0.05, 0) is 74.1 Å². The molecule has 0 saturated heterocycles. The number of nitrogens with zero attached hydrogens (tertiary/aromatic N) is 1. The first-order valence-electron chi connectivity index (χ1n) is 12.6. The van der Waals surface area contributed by atoms with E-state index in [0.29, 0.717) is 25.3 Å². The summed E-state index contributed by atoms with van der Waals surface area (Å²) in [6.45, 7) is 2.18. The van der Waals surface area contributed by atoms with E-state index in [-0.39, 0.29) is 23.3 Å². The lowest BCUT2D eigenvalue weighted by Gasteiger charge is -2.30. The predicted molar refractivity (Wildman–Crippen MR) is 137 cm³/mol. The topological polar surface area (TPSA) is 86.7 Å². The predicted octanol–water partition coefficient (Wildman–Crippen LogP) is 3.84. The normalized spacial score (nSPS) is 19.6. The summed E-state index contributed by atoms with van der Waals surface area (Å²) in [4.78, 5) is 13.1. The maximum absolute atomic E-state index is 13.5. The van der Waals surface area contributed by atoms with E-state index in [2.05, 4.69) is 17.5 Å². The molecular formula is C28H36N2O4S. The number of carbonyl (C=O) groups excluding carboxylic acids is 1. The first kappa shape index (κ1) is 25.6. The average Bonchev–Trinajstić information content (AvgIpc) is 3.51. The third-order valence-electron chi connectivity index (χ3n) is 6.85. The molecule has 0 aromatic heterocycles. The zero-order valence-corrected chi connectivity index (χ0v) is 21.2. The van der Waals surface area contributed by atoms with E-state index >= 15 is 0 Å². The lowest BCUT2D eigenvalue weighted by atomic mass is 9.99. The van der Waals surface area contributed by atoms with Crippen LogP contribution in [0, 0.1) is 18.8 Å². The molecule has 6 nitrogen and oxygen atoms in total. The van der Waals surface area contributed by atoms with E-state index in [1.165, 1.54) is 4.31 Å². The van der Waals surface area contributed by atoms with Crippen molar-refractivity contribution in [3.05, 3.63) is 77.9 Å². The summed E-state index contributed by atoms with van der Waals surface area (Å²) in [5, 5.41) is 14.3. The summed E-state index contributed by atoms with van der Waals surface area (Å²) in [5.41, 5.74) is 1.85. The third-order valence-corrected chi connectivity index (χ3v) is 8.67. The molecule has 1 unspecified atom stereocenters. The van der Waals surface area contributed by atoms with Gasteiger partial charge in [0.2, 0.25) is 15.9 Å². The molecule has 2 aromatic rings. The van der Waals surface area contributed by atoms with Crippen molar-refractivity contribution in [3.63, 3.8) is 0 Å². The molecule has 1 fully saturated rings. The zero-order chi connectivity index (χ0) is 24.8. The Hall–Kier alpha value is -2.48. The summed E-state index contributed by atoms with van der Waals surface area (Å²) >= 11 is 0. The minimum absolute atomic E-state index is 0.0616. The molecular weight excluding hydrogens is 460 g/mol. The van der Waals surface area contributed by atoms with Gasteiger partial charge in [-0.1, -0.05) is 54.6 Å². The first-order chi connectivity index (χ1) is 16.8. The van der Waals surface area contributed by atoms with Crippen LogP contribution < -0.4 is 5.32 Å². The second kappa shape index (κ2) is 11.5.